The van der Waals surface area contributed by atoms with Gasteiger partial charge in [0, 0.05) is 53.3 Å². The topological polar surface area (TPSA) is 98.6 Å². The van der Waals surface area contributed by atoms with Crippen molar-refractivity contribution < 1.29 is 28.5 Å². The number of hydrogen-bond donors (Lipinski definition) is 2. The molecular weight excluding hydrogens is 453 g/mol. The highest BCUT2D eigenvalue weighted by Gasteiger charge is 2.37. The lowest BCUT2D eigenvalue weighted by Gasteiger charge is -2.27. The Morgan fingerprint density at radius 1 is 1.23 bits per heavy atom. The fourth-order valence-corrected chi connectivity index (χ4v) is 5.64. The number of benzene rings is 2. The lowest BCUT2D eigenvalue weighted by Crippen LogP contribution is -2.20. The summed E-state index contributed by atoms with van der Waals surface area (Å²) in [4.78, 5) is 11.7. The van der Waals surface area contributed by atoms with Gasteiger partial charge in [0.2, 0.25) is 0 Å². The quantitative estimate of drug-likeness (QED) is 0.437. The highest BCUT2D eigenvalue weighted by Crippen LogP contribution is 2.45. The third-order valence-electron chi connectivity index (χ3n) is 7.29. The van der Waals surface area contributed by atoms with Crippen molar-refractivity contribution in [1.29, 1.82) is 0 Å². The van der Waals surface area contributed by atoms with Gasteiger partial charge in [-0.25, -0.2) is 9.18 Å². The van der Waals surface area contributed by atoms with E-state index >= 15 is 0 Å². The molecule has 2 N–H and O–H groups in total. The number of nitrogens with one attached hydrogen (secondary N) is 1. The number of carboxylic acid groups (broad SMARTS) is 1. The van der Waals surface area contributed by atoms with E-state index in [2.05, 4.69) is 26.9 Å². The molecule has 35 heavy (non-hydrogen) atoms. The molecule has 6 rings (SSSR count). The van der Waals surface area contributed by atoms with Crippen LogP contribution in [0.3, 0.4) is 0 Å². The summed E-state index contributed by atoms with van der Waals surface area (Å²) in [5, 5.41) is 18.8. The number of H-pyrrole nitrogens is 1. The van der Waals surface area contributed by atoms with Crippen molar-refractivity contribution in [2.45, 2.75) is 37.2 Å². The van der Waals surface area contributed by atoms with Gasteiger partial charge in [-0.1, -0.05) is 0 Å². The molecule has 0 amide bonds. The zero-order chi connectivity index (χ0) is 24.1. The van der Waals surface area contributed by atoms with Gasteiger partial charge in [0.15, 0.2) is 17.7 Å². The van der Waals surface area contributed by atoms with Crippen molar-refractivity contribution >= 4 is 27.8 Å². The lowest BCUT2D eigenvalue weighted by atomic mass is 9.86. The summed E-state index contributed by atoms with van der Waals surface area (Å²) >= 11 is 0. The van der Waals surface area contributed by atoms with Crippen molar-refractivity contribution in [1.82, 2.24) is 14.8 Å². The maximum absolute atomic E-state index is 14.4. The zero-order valence-electron chi connectivity index (χ0n) is 19.3. The largest absolute Gasteiger partial charge is 0.494 e. The van der Waals surface area contributed by atoms with Crippen LogP contribution in [0.5, 0.6) is 5.75 Å². The summed E-state index contributed by atoms with van der Waals surface area (Å²) in [6.45, 7) is 1.64. The van der Waals surface area contributed by atoms with E-state index in [1.165, 1.54) is 13.2 Å². The third kappa shape index (κ3) is 3.66. The molecule has 2 fully saturated rings. The zero-order valence-corrected chi connectivity index (χ0v) is 19.3. The van der Waals surface area contributed by atoms with Crippen LogP contribution in [-0.4, -0.2) is 58.9 Å². The van der Waals surface area contributed by atoms with Crippen LogP contribution in [0, 0.1) is 5.82 Å². The first kappa shape index (κ1) is 22.1. The minimum Gasteiger partial charge on any atom is -0.494 e. The Morgan fingerprint density at radius 2 is 2.06 bits per heavy atom. The molecule has 4 aromatic rings. The van der Waals surface area contributed by atoms with Crippen LogP contribution >= 0.6 is 0 Å². The van der Waals surface area contributed by atoms with Crippen LogP contribution in [0.15, 0.2) is 36.5 Å². The molecule has 2 aliphatic rings. The third-order valence-corrected chi connectivity index (χ3v) is 7.29. The summed E-state index contributed by atoms with van der Waals surface area (Å²) in [6.07, 6.45) is 3.04. The highest BCUT2D eigenvalue weighted by atomic mass is 19.1. The number of halogens is 1. The molecule has 2 atom stereocenters. The molecule has 0 spiro atoms. The van der Waals surface area contributed by atoms with Crippen molar-refractivity contribution in [3.63, 3.8) is 0 Å². The molecule has 2 aromatic carbocycles. The second-order valence-electron chi connectivity index (χ2n) is 9.26. The van der Waals surface area contributed by atoms with Gasteiger partial charge >= 0.3 is 5.97 Å². The first-order chi connectivity index (χ1) is 17.0. The fraction of sp³-hybridized carbons (Fsp3) is 0.385. The SMILES string of the molecule is COc1cc(-n2c(C3CCOCC3)c([C@@H]3COC(C(=O)O)C3)c3cc4[nH]ncc4cc32)ccc1F. The van der Waals surface area contributed by atoms with Crippen LogP contribution in [-0.2, 0) is 14.3 Å². The fourth-order valence-electron chi connectivity index (χ4n) is 5.64. The molecule has 2 aromatic heterocycles. The molecule has 4 heterocycles. The van der Waals surface area contributed by atoms with E-state index in [0.29, 0.717) is 26.2 Å². The van der Waals surface area contributed by atoms with Crippen molar-refractivity contribution in [2.24, 2.45) is 0 Å². The van der Waals surface area contributed by atoms with E-state index in [0.717, 1.165) is 51.6 Å². The number of aromatic nitrogens is 3. The van der Waals surface area contributed by atoms with E-state index in [-0.39, 0.29) is 17.6 Å². The number of carbonyl (C=O) groups is 1. The molecule has 0 bridgehead atoms. The Labute approximate surface area is 200 Å². The van der Waals surface area contributed by atoms with E-state index in [1.807, 2.05) is 0 Å². The van der Waals surface area contributed by atoms with Crippen LogP contribution < -0.4 is 4.74 Å². The van der Waals surface area contributed by atoms with Gasteiger partial charge in [-0.2, -0.15) is 5.10 Å². The van der Waals surface area contributed by atoms with Crippen LogP contribution in [0.25, 0.3) is 27.5 Å². The minimum atomic E-state index is -0.942. The number of aliphatic carboxylic acids is 1. The molecular formula is C26H26FN3O5. The predicted octanol–water partition coefficient (Wildman–Crippen LogP) is 4.51. The Balaban J connectivity index is 1.66. The smallest absolute Gasteiger partial charge is 0.332 e. The van der Waals surface area contributed by atoms with Crippen molar-refractivity contribution in [2.75, 3.05) is 26.9 Å². The van der Waals surface area contributed by atoms with Gasteiger partial charge in [-0.05, 0) is 49.1 Å². The second kappa shape index (κ2) is 8.66. The molecule has 182 valence electrons. The van der Waals surface area contributed by atoms with Crippen LogP contribution in [0.1, 0.15) is 42.4 Å². The summed E-state index contributed by atoms with van der Waals surface area (Å²) < 4.78 is 33.2. The molecule has 8 nitrogen and oxygen atoms in total. The maximum Gasteiger partial charge on any atom is 0.332 e. The number of aromatic amines is 1. The normalized spacial score (nSPS) is 21.2. The summed E-state index contributed by atoms with van der Waals surface area (Å²) in [5.74, 6) is -1.08. The van der Waals surface area contributed by atoms with Gasteiger partial charge in [0.05, 0.1) is 30.9 Å². The van der Waals surface area contributed by atoms with Crippen LogP contribution in [0.2, 0.25) is 0 Å². The van der Waals surface area contributed by atoms with Gasteiger partial charge in [0.25, 0.3) is 0 Å². The van der Waals surface area contributed by atoms with Crippen LogP contribution in [0.4, 0.5) is 4.39 Å². The summed E-state index contributed by atoms with van der Waals surface area (Å²) in [6, 6.07) is 9.06. The lowest BCUT2D eigenvalue weighted by molar-refractivity contribution is -0.147. The first-order valence-corrected chi connectivity index (χ1v) is 11.8. The average Bonchev–Trinajstić information content (AvgIpc) is 3.60. The molecule has 1 unspecified atom stereocenters. The first-order valence-electron chi connectivity index (χ1n) is 11.8. The van der Waals surface area contributed by atoms with Crippen molar-refractivity contribution in [3.05, 3.63) is 53.6 Å². The molecule has 0 aliphatic carbocycles. The van der Waals surface area contributed by atoms with E-state index in [4.69, 9.17) is 14.2 Å². The Bertz CT molecular complexity index is 1420. The average molecular weight is 480 g/mol. The second-order valence-corrected chi connectivity index (χ2v) is 9.26. The number of carboxylic acids is 1. The number of fused-ring (bicyclic) bond motifs is 2. The van der Waals surface area contributed by atoms with Gasteiger partial charge in [-0.15, -0.1) is 0 Å². The van der Waals surface area contributed by atoms with E-state index < -0.39 is 17.9 Å². The van der Waals surface area contributed by atoms with E-state index in [9.17, 15) is 14.3 Å². The Hall–Kier alpha value is -3.43. The van der Waals surface area contributed by atoms with Crippen molar-refractivity contribution in [3.8, 4) is 11.4 Å². The maximum atomic E-state index is 14.4. The molecule has 0 radical (unpaired) electrons. The molecule has 0 saturated carbocycles. The van der Waals surface area contributed by atoms with E-state index in [1.54, 1.807) is 18.3 Å². The number of hydrogen-bond acceptors (Lipinski definition) is 5. The standard InChI is InChI=1S/C26H26FN3O5/c1-33-22-10-17(2-3-19(22)27)30-21-8-15-12-28-29-20(15)11-18(21)24(16-9-23(26(31)32)35-13-16)25(30)14-4-6-34-7-5-14/h2-3,8,10-12,14,16,23H,4-7,9,13H2,1H3,(H,28,29)(H,31,32)/t16-,23?/m0/s1. The Kier molecular flexibility index (Phi) is 5.46. The van der Waals surface area contributed by atoms with Gasteiger partial charge in [0.1, 0.15) is 0 Å². The monoisotopic (exact) mass is 479 g/mol. The van der Waals surface area contributed by atoms with Gasteiger partial charge in [-0.3, -0.25) is 5.10 Å². The number of nitrogens with zero attached hydrogens (tertiary/aromatic N) is 2. The number of methoxy groups -OCH3 is 1. The highest BCUT2D eigenvalue weighted by molar-refractivity contribution is 5.99. The minimum absolute atomic E-state index is 0.0830. The number of rotatable bonds is 5. The summed E-state index contributed by atoms with van der Waals surface area (Å²) in [5.41, 5.74) is 4.85. The molecule has 2 saturated heterocycles. The number of ether oxygens (including phenoxy) is 3. The predicted molar refractivity (Wildman–Crippen MR) is 127 cm³/mol. The van der Waals surface area contributed by atoms with Gasteiger partial charge < -0.3 is 23.9 Å². The summed E-state index contributed by atoms with van der Waals surface area (Å²) in [7, 11) is 1.46. The Morgan fingerprint density at radius 3 is 2.80 bits per heavy atom. The molecule has 2 aliphatic heterocycles. The molecule has 9 heteroatoms.